The van der Waals surface area contributed by atoms with Gasteiger partial charge in [0.25, 0.3) is 5.91 Å². The summed E-state index contributed by atoms with van der Waals surface area (Å²) in [5.41, 5.74) is 1.04. The molecule has 0 unspecified atom stereocenters. The van der Waals surface area contributed by atoms with E-state index < -0.39 is 0 Å². The van der Waals surface area contributed by atoms with Crippen LogP contribution in [0.1, 0.15) is 23.0 Å². The van der Waals surface area contributed by atoms with Crippen LogP contribution < -0.4 is 4.90 Å². The Bertz CT molecular complexity index is 891. The standard InChI is InChI=1S/C20H20N4O4/c1-15(25)24(17-6-4-16(13-21)5-7-17)14-19(26)22-8-10-23(11-9-22)20(27)18-3-2-12-28-18/h2-7,12H,8-11,14H2,1H3. The lowest BCUT2D eigenvalue weighted by Crippen LogP contribution is -2.53. The molecule has 3 rings (SSSR count). The molecule has 1 aliphatic heterocycles. The van der Waals surface area contributed by atoms with Crippen LogP contribution in [0.4, 0.5) is 5.69 Å². The number of furan rings is 1. The Morgan fingerprint density at radius 3 is 2.25 bits per heavy atom. The van der Waals surface area contributed by atoms with Gasteiger partial charge < -0.3 is 19.1 Å². The largest absolute Gasteiger partial charge is 0.459 e. The molecule has 28 heavy (non-hydrogen) atoms. The van der Waals surface area contributed by atoms with Gasteiger partial charge in [0.1, 0.15) is 6.54 Å². The number of nitriles is 1. The molecule has 0 atom stereocenters. The summed E-state index contributed by atoms with van der Waals surface area (Å²) in [7, 11) is 0. The fourth-order valence-electron chi connectivity index (χ4n) is 3.05. The number of rotatable bonds is 4. The van der Waals surface area contributed by atoms with Crippen molar-refractivity contribution in [3.8, 4) is 6.07 Å². The van der Waals surface area contributed by atoms with E-state index in [-0.39, 0.29) is 30.0 Å². The predicted molar refractivity (Wildman–Crippen MR) is 100 cm³/mol. The minimum atomic E-state index is -0.260. The summed E-state index contributed by atoms with van der Waals surface area (Å²) in [6, 6.07) is 11.8. The Balaban J connectivity index is 1.60. The predicted octanol–water partition coefficient (Wildman–Crippen LogP) is 1.49. The molecule has 2 heterocycles. The number of hydrogen-bond donors (Lipinski definition) is 0. The fourth-order valence-corrected chi connectivity index (χ4v) is 3.05. The Hall–Kier alpha value is -3.60. The minimum absolute atomic E-state index is 0.0899. The average molecular weight is 380 g/mol. The fraction of sp³-hybridized carbons (Fsp3) is 0.300. The smallest absolute Gasteiger partial charge is 0.289 e. The molecule has 0 aliphatic carbocycles. The van der Waals surface area contributed by atoms with Crippen LogP contribution in [0.3, 0.4) is 0 Å². The van der Waals surface area contributed by atoms with Crippen LogP contribution in [0.25, 0.3) is 0 Å². The van der Waals surface area contributed by atoms with Gasteiger partial charge in [-0.25, -0.2) is 0 Å². The number of carbonyl (C=O) groups excluding carboxylic acids is 3. The van der Waals surface area contributed by atoms with Crippen molar-refractivity contribution >= 4 is 23.4 Å². The highest BCUT2D eigenvalue weighted by Crippen LogP contribution is 2.16. The van der Waals surface area contributed by atoms with Crippen molar-refractivity contribution in [3.63, 3.8) is 0 Å². The summed E-state index contributed by atoms with van der Waals surface area (Å²) in [6.45, 7) is 2.90. The second-order valence-corrected chi connectivity index (χ2v) is 6.41. The molecule has 2 aromatic rings. The van der Waals surface area contributed by atoms with Gasteiger partial charge >= 0.3 is 0 Å². The maximum atomic E-state index is 12.7. The number of piperazine rings is 1. The van der Waals surface area contributed by atoms with E-state index in [2.05, 4.69) is 0 Å². The zero-order valence-corrected chi connectivity index (χ0v) is 15.5. The first-order valence-electron chi connectivity index (χ1n) is 8.88. The first-order valence-corrected chi connectivity index (χ1v) is 8.88. The first-order chi connectivity index (χ1) is 13.5. The van der Waals surface area contributed by atoms with Gasteiger partial charge in [0.2, 0.25) is 11.8 Å². The van der Waals surface area contributed by atoms with Crippen molar-refractivity contribution in [1.29, 1.82) is 5.26 Å². The molecule has 0 spiro atoms. The van der Waals surface area contributed by atoms with Crippen LogP contribution in [-0.4, -0.2) is 60.2 Å². The van der Waals surface area contributed by atoms with Crippen LogP contribution in [0.15, 0.2) is 47.1 Å². The Morgan fingerprint density at radius 1 is 1.07 bits per heavy atom. The Labute approximate surface area is 162 Å². The quantitative estimate of drug-likeness (QED) is 0.800. The highest BCUT2D eigenvalue weighted by molar-refractivity contribution is 5.97. The van der Waals surface area contributed by atoms with E-state index in [0.717, 1.165) is 0 Å². The van der Waals surface area contributed by atoms with Crippen LogP contribution in [0.5, 0.6) is 0 Å². The summed E-state index contributed by atoms with van der Waals surface area (Å²) in [6.07, 6.45) is 1.45. The highest BCUT2D eigenvalue weighted by atomic mass is 16.3. The summed E-state index contributed by atoms with van der Waals surface area (Å²) in [5, 5.41) is 8.89. The molecule has 1 aromatic heterocycles. The number of nitrogens with zero attached hydrogens (tertiary/aromatic N) is 4. The third-order valence-electron chi connectivity index (χ3n) is 4.63. The van der Waals surface area contributed by atoms with Gasteiger partial charge in [-0.1, -0.05) is 0 Å². The molecule has 0 radical (unpaired) electrons. The summed E-state index contributed by atoms with van der Waals surface area (Å²) in [4.78, 5) is 41.7. The molecule has 144 valence electrons. The van der Waals surface area contributed by atoms with Gasteiger partial charge in [-0.2, -0.15) is 5.26 Å². The number of carbonyl (C=O) groups is 3. The van der Waals surface area contributed by atoms with Crippen molar-refractivity contribution in [1.82, 2.24) is 9.80 Å². The second kappa shape index (κ2) is 8.39. The van der Waals surface area contributed by atoms with Crippen molar-refractivity contribution < 1.29 is 18.8 Å². The van der Waals surface area contributed by atoms with Gasteiger partial charge in [-0.3, -0.25) is 14.4 Å². The number of benzene rings is 1. The van der Waals surface area contributed by atoms with Crippen molar-refractivity contribution in [2.75, 3.05) is 37.6 Å². The van der Waals surface area contributed by atoms with E-state index in [1.807, 2.05) is 6.07 Å². The normalized spacial score (nSPS) is 13.7. The molecule has 1 fully saturated rings. The molecule has 0 bridgehead atoms. The van der Waals surface area contributed by atoms with Gasteiger partial charge in [-0.05, 0) is 36.4 Å². The third kappa shape index (κ3) is 4.20. The number of hydrogen-bond acceptors (Lipinski definition) is 5. The zero-order valence-electron chi connectivity index (χ0n) is 15.5. The summed E-state index contributed by atoms with van der Waals surface area (Å²) < 4.78 is 5.13. The third-order valence-corrected chi connectivity index (χ3v) is 4.63. The van der Waals surface area contributed by atoms with Gasteiger partial charge in [-0.15, -0.1) is 0 Å². The molecule has 8 nitrogen and oxygen atoms in total. The van der Waals surface area contributed by atoms with Crippen LogP contribution >= 0.6 is 0 Å². The Kier molecular flexibility index (Phi) is 5.75. The van der Waals surface area contributed by atoms with Gasteiger partial charge in [0.05, 0.1) is 17.9 Å². The SMILES string of the molecule is CC(=O)N(CC(=O)N1CCN(C(=O)c2ccco2)CC1)c1ccc(C#N)cc1. The monoisotopic (exact) mass is 380 g/mol. The molecule has 3 amide bonds. The molecular formula is C20H20N4O4. The lowest BCUT2D eigenvalue weighted by atomic mass is 10.2. The molecule has 1 aliphatic rings. The van der Waals surface area contributed by atoms with E-state index in [0.29, 0.717) is 37.4 Å². The summed E-state index contributed by atoms with van der Waals surface area (Å²) >= 11 is 0. The zero-order chi connectivity index (χ0) is 20.1. The van der Waals surface area contributed by atoms with Gasteiger partial charge in [0, 0.05) is 38.8 Å². The maximum Gasteiger partial charge on any atom is 0.289 e. The van der Waals surface area contributed by atoms with Gasteiger partial charge in [0.15, 0.2) is 5.76 Å². The second-order valence-electron chi connectivity index (χ2n) is 6.41. The first kappa shape index (κ1) is 19.2. The van der Waals surface area contributed by atoms with Crippen LogP contribution in [0.2, 0.25) is 0 Å². The van der Waals surface area contributed by atoms with Crippen molar-refractivity contribution in [3.05, 3.63) is 54.0 Å². The topological polar surface area (TPSA) is 97.9 Å². The van der Waals surface area contributed by atoms with E-state index >= 15 is 0 Å². The Morgan fingerprint density at radius 2 is 1.71 bits per heavy atom. The number of anilines is 1. The lowest BCUT2D eigenvalue weighted by molar-refractivity contribution is -0.132. The van der Waals surface area contributed by atoms with Crippen LogP contribution in [-0.2, 0) is 9.59 Å². The van der Waals surface area contributed by atoms with E-state index in [9.17, 15) is 14.4 Å². The van der Waals surface area contributed by atoms with E-state index in [4.69, 9.17) is 9.68 Å². The maximum absolute atomic E-state index is 12.7. The minimum Gasteiger partial charge on any atom is -0.459 e. The lowest BCUT2D eigenvalue weighted by Gasteiger charge is -2.35. The molecular weight excluding hydrogens is 360 g/mol. The molecule has 8 heteroatoms. The van der Waals surface area contributed by atoms with Crippen molar-refractivity contribution in [2.45, 2.75) is 6.92 Å². The summed E-state index contributed by atoms with van der Waals surface area (Å²) in [5.74, 6) is -0.363. The van der Waals surface area contributed by atoms with Crippen molar-refractivity contribution in [2.24, 2.45) is 0 Å². The van der Waals surface area contributed by atoms with E-state index in [1.165, 1.54) is 18.1 Å². The molecule has 1 saturated heterocycles. The average Bonchev–Trinajstić information content (AvgIpc) is 3.26. The molecule has 0 N–H and O–H groups in total. The highest BCUT2D eigenvalue weighted by Gasteiger charge is 2.27. The molecule has 1 aromatic carbocycles. The molecule has 0 saturated carbocycles. The van der Waals surface area contributed by atoms with E-state index in [1.54, 1.807) is 46.2 Å². The van der Waals surface area contributed by atoms with Crippen LogP contribution in [0, 0.1) is 11.3 Å². The number of amides is 3.